The SMILES string of the molecule is C[C](F)I. The minimum atomic E-state index is -0.113. The Balaban J connectivity index is 2.32. The van der Waals surface area contributed by atoms with Gasteiger partial charge in [0.05, 0.1) is 0 Å². The molecule has 0 unspecified atom stereocenters. The molecule has 0 bridgehead atoms. The maximum Gasteiger partial charge on any atom is 0.200 e. The van der Waals surface area contributed by atoms with Gasteiger partial charge in [-0.3, -0.25) is 0 Å². The average molecular weight is 173 g/mol. The Bertz CT molecular complexity index is 10.8. The van der Waals surface area contributed by atoms with Crippen LogP contribution in [0.25, 0.3) is 0 Å². The molecule has 0 aliphatic carbocycles. The lowest BCUT2D eigenvalue weighted by atomic mass is 10.9. The van der Waals surface area contributed by atoms with E-state index in [-0.39, 0.29) is 4.18 Å². The molecule has 0 saturated heterocycles. The van der Waals surface area contributed by atoms with Crippen LogP contribution in [-0.2, 0) is 0 Å². The van der Waals surface area contributed by atoms with E-state index in [4.69, 9.17) is 0 Å². The lowest BCUT2D eigenvalue weighted by Crippen LogP contribution is -1.48. The first kappa shape index (κ1) is 4.66. The molecule has 0 aromatic rings. The summed E-state index contributed by atoms with van der Waals surface area (Å²) in [4.78, 5) is 0. The molecule has 0 rings (SSSR count). The van der Waals surface area contributed by atoms with Crippen molar-refractivity contribution in [1.29, 1.82) is 0 Å². The molecule has 25 valence electrons. The van der Waals surface area contributed by atoms with Crippen molar-refractivity contribution in [3.63, 3.8) is 0 Å². The molecule has 0 N–H and O–H groups in total. The number of rotatable bonds is 0. The second-order valence-electron chi connectivity index (χ2n) is 0.449. The molecule has 0 fully saturated rings. The van der Waals surface area contributed by atoms with Crippen molar-refractivity contribution in [1.82, 2.24) is 0 Å². The van der Waals surface area contributed by atoms with Gasteiger partial charge in [0.25, 0.3) is 0 Å². The van der Waals surface area contributed by atoms with Crippen LogP contribution in [-0.4, -0.2) is 0 Å². The average Bonchev–Trinajstić information content (AvgIpc) is 0.811. The van der Waals surface area contributed by atoms with E-state index in [1.54, 1.807) is 22.6 Å². The quantitative estimate of drug-likeness (QED) is 0.490. The molecular formula is C2H3FI. The predicted molar refractivity (Wildman–Crippen MR) is 24.0 cm³/mol. The molecule has 0 amide bonds. The molecule has 0 atom stereocenters. The van der Waals surface area contributed by atoms with Gasteiger partial charge < -0.3 is 0 Å². The summed E-state index contributed by atoms with van der Waals surface area (Å²) in [7, 11) is 0. The zero-order valence-corrected chi connectivity index (χ0v) is 4.41. The van der Waals surface area contributed by atoms with Crippen molar-refractivity contribution in [2.45, 2.75) is 6.92 Å². The van der Waals surface area contributed by atoms with E-state index >= 15 is 0 Å². The van der Waals surface area contributed by atoms with Crippen molar-refractivity contribution in [3.8, 4) is 0 Å². The molecule has 0 aromatic carbocycles. The van der Waals surface area contributed by atoms with Crippen molar-refractivity contribution in [3.05, 3.63) is 4.18 Å². The van der Waals surface area contributed by atoms with Gasteiger partial charge in [-0.25, -0.2) is 4.39 Å². The van der Waals surface area contributed by atoms with Crippen molar-refractivity contribution in [2.75, 3.05) is 0 Å². The van der Waals surface area contributed by atoms with Crippen molar-refractivity contribution < 1.29 is 4.39 Å². The Labute approximate surface area is 38.5 Å². The largest absolute Gasteiger partial charge is 0.228 e. The van der Waals surface area contributed by atoms with Gasteiger partial charge in [-0.05, 0) is 29.5 Å². The summed E-state index contributed by atoms with van der Waals surface area (Å²) < 4.78 is 10.8. The van der Waals surface area contributed by atoms with E-state index in [9.17, 15) is 4.39 Å². The van der Waals surface area contributed by atoms with Crippen LogP contribution in [0.5, 0.6) is 0 Å². The van der Waals surface area contributed by atoms with Gasteiger partial charge in [-0.15, -0.1) is 0 Å². The highest BCUT2D eigenvalue weighted by Gasteiger charge is 1.79. The Hall–Kier alpha value is 0.660. The highest BCUT2D eigenvalue weighted by molar-refractivity contribution is 14.1. The van der Waals surface area contributed by atoms with E-state index in [1.165, 1.54) is 6.92 Å². The number of halogens is 2. The Morgan fingerprint density at radius 1 is 2.00 bits per heavy atom. The lowest BCUT2D eigenvalue weighted by Gasteiger charge is -1.69. The maximum atomic E-state index is 10.9. The van der Waals surface area contributed by atoms with Crippen LogP contribution in [0.15, 0.2) is 0 Å². The van der Waals surface area contributed by atoms with Crippen LogP contribution in [0.1, 0.15) is 6.92 Å². The number of hydrogen-bond acceptors (Lipinski definition) is 0. The summed E-state index contributed by atoms with van der Waals surface area (Å²) in [6, 6.07) is 0. The molecular weight excluding hydrogens is 170 g/mol. The zero-order chi connectivity index (χ0) is 3.58. The van der Waals surface area contributed by atoms with E-state index in [1.807, 2.05) is 0 Å². The van der Waals surface area contributed by atoms with Crippen LogP contribution in [0.2, 0.25) is 0 Å². The van der Waals surface area contributed by atoms with Gasteiger partial charge in [-0.1, -0.05) is 0 Å². The van der Waals surface area contributed by atoms with Crippen LogP contribution in [0.3, 0.4) is 0 Å². The third-order valence-corrected chi connectivity index (χ3v) is 0. The predicted octanol–water partition coefficient (Wildman–Crippen LogP) is 1.90. The molecule has 0 nitrogen and oxygen atoms in total. The highest BCUT2D eigenvalue weighted by Crippen LogP contribution is 2.06. The topological polar surface area (TPSA) is 0 Å². The Kier molecular flexibility index (Phi) is 2.25. The fraction of sp³-hybridized carbons (Fsp3) is 0.500. The third kappa shape index (κ3) is 16.8. The molecule has 0 spiro atoms. The molecule has 0 saturated carbocycles. The number of hydrogen-bond donors (Lipinski definition) is 0. The lowest BCUT2D eigenvalue weighted by molar-refractivity contribution is 0.615. The summed E-state index contributed by atoms with van der Waals surface area (Å²) in [5.41, 5.74) is 0. The summed E-state index contributed by atoms with van der Waals surface area (Å²) in [5.74, 6) is 0. The monoisotopic (exact) mass is 173 g/mol. The summed E-state index contributed by atoms with van der Waals surface area (Å²) in [6.45, 7) is 1.40. The van der Waals surface area contributed by atoms with Crippen molar-refractivity contribution in [2.24, 2.45) is 0 Å². The highest BCUT2D eigenvalue weighted by atomic mass is 127. The molecule has 0 aliphatic rings. The normalized spacial score (nSPS) is 9.00. The van der Waals surface area contributed by atoms with Gasteiger partial charge >= 0.3 is 0 Å². The molecule has 0 aliphatic heterocycles. The first-order valence-corrected chi connectivity index (χ1v) is 1.96. The molecule has 2 heteroatoms. The second kappa shape index (κ2) is 1.93. The Morgan fingerprint density at radius 3 is 2.00 bits per heavy atom. The minimum absolute atomic E-state index is 0.113. The Morgan fingerprint density at radius 2 is 2.00 bits per heavy atom. The van der Waals surface area contributed by atoms with Gasteiger partial charge in [-0.2, -0.15) is 0 Å². The zero-order valence-electron chi connectivity index (χ0n) is 2.26. The van der Waals surface area contributed by atoms with Crippen LogP contribution < -0.4 is 0 Å². The summed E-state index contributed by atoms with van der Waals surface area (Å²) in [6.07, 6.45) is 0. The van der Waals surface area contributed by atoms with Crippen LogP contribution >= 0.6 is 22.6 Å². The smallest absolute Gasteiger partial charge is 0.200 e. The third-order valence-electron chi connectivity index (χ3n) is 0. The summed E-state index contributed by atoms with van der Waals surface area (Å²) in [5, 5.41) is 0. The van der Waals surface area contributed by atoms with Gasteiger partial charge in [0.1, 0.15) is 0 Å². The molecule has 4 heavy (non-hydrogen) atoms. The molecule has 0 aromatic heterocycles. The van der Waals surface area contributed by atoms with E-state index in [0.29, 0.717) is 0 Å². The standard InChI is InChI=1S/C2H3FI/c1-2(3)4/h1H3. The van der Waals surface area contributed by atoms with E-state index in [2.05, 4.69) is 0 Å². The van der Waals surface area contributed by atoms with Gasteiger partial charge in [0.15, 0.2) is 0 Å². The van der Waals surface area contributed by atoms with E-state index < -0.39 is 0 Å². The fourth-order valence-corrected chi connectivity index (χ4v) is 0. The van der Waals surface area contributed by atoms with Gasteiger partial charge in [0.2, 0.25) is 4.18 Å². The fourth-order valence-electron chi connectivity index (χ4n) is 0. The first-order chi connectivity index (χ1) is 1.73. The van der Waals surface area contributed by atoms with Crippen molar-refractivity contribution >= 4 is 22.6 Å². The summed E-state index contributed by atoms with van der Waals surface area (Å²) >= 11 is 1.59. The van der Waals surface area contributed by atoms with E-state index in [0.717, 1.165) is 0 Å². The van der Waals surface area contributed by atoms with Crippen LogP contribution in [0, 0.1) is 4.18 Å². The maximum absolute atomic E-state index is 10.9. The second-order valence-corrected chi connectivity index (χ2v) is 1.94. The van der Waals surface area contributed by atoms with Gasteiger partial charge in [0, 0.05) is 0 Å². The molecule has 1 radical (unpaired) electrons. The minimum Gasteiger partial charge on any atom is -0.228 e. The first-order valence-electron chi connectivity index (χ1n) is 0.878. The molecule has 0 heterocycles. The van der Waals surface area contributed by atoms with Crippen LogP contribution in [0.4, 0.5) is 4.39 Å².